The van der Waals surface area contributed by atoms with E-state index in [0.717, 1.165) is 5.56 Å². The summed E-state index contributed by atoms with van der Waals surface area (Å²) >= 11 is 4.46. The van der Waals surface area contributed by atoms with Crippen molar-refractivity contribution in [2.45, 2.75) is 6.10 Å². The molecular weight excluding hydrogens is 302 g/mol. The van der Waals surface area contributed by atoms with E-state index in [1.165, 1.54) is 0 Å². The van der Waals surface area contributed by atoms with E-state index in [9.17, 15) is 8.42 Å². The van der Waals surface area contributed by atoms with E-state index in [0.29, 0.717) is 0 Å². The molecule has 0 radical (unpaired) electrons. The summed E-state index contributed by atoms with van der Waals surface area (Å²) in [7, 11) is -1.67. The quantitative estimate of drug-likeness (QED) is 0.813. The molecular formula is C8H12BrNO3S2. The second-order valence-electron chi connectivity index (χ2n) is 2.85. The Morgan fingerprint density at radius 2 is 2.40 bits per heavy atom. The van der Waals surface area contributed by atoms with Crippen LogP contribution in [0, 0.1) is 0 Å². The van der Waals surface area contributed by atoms with Crippen LogP contribution in [-0.2, 0) is 14.8 Å². The summed E-state index contributed by atoms with van der Waals surface area (Å²) in [5.41, 5.74) is 0.986. The summed E-state index contributed by atoms with van der Waals surface area (Å²) < 4.78 is 29.9. The van der Waals surface area contributed by atoms with Gasteiger partial charge < -0.3 is 4.74 Å². The molecule has 0 spiro atoms. The van der Waals surface area contributed by atoms with Gasteiger partial charge >= 0.3 is 0 Å². The van der Waals surface area contributed by atoms with Gasteiger partial charge in [-0.2, -0.15) is 11.3 Å². The normalized spacial score (nSPS) is 14.0. The number of halogens is 1. The maximum Gasteiger partial charge on any atom is 0.221 e. The molecule has 1 atom stereocenters. The number of sulfonamides is 1. The van der Waals surface area contributed by atoms with Gasteiger partial charge in [0.2, 0.25) is 10.0 Å². The lowest BCUT2D eigenvalue weighted by Crippen LogP contribution is -2.29. The van der Waals surface area contributed by atoms with Crippen molar-refractivity contribution in [2.75, 3.05) is 18.3 Å². The Hall–Kier alpha value is 0.0500. The Balaban J connectivity index is 2.56. The van der Waals surface area contributed by atoms with Crippen molar-refractivity contribution in [3.63, 3.8) is 0 Å². The third-order valence-corrected chi connectivity index (χ3v) is 5.24. The van der Waals surface area contributed by atoms with Gasteiger partial charge in [-0.1, -0.05) is 15.9 Å². The number of nitrogens with one attached hydrogen (secondary N) is 1. The van der Waals surface area contributed by atoms with Crippen molar-refractivity contribution >= 4 is 37.3 Å². The van der Waals surface area contributed by atoms with Gasteiger partial charge in [0.05, 0.1) is 6.10 Å². The standard InChI is InChI=1S/C8H12BrNO3S2/c1-13-8(7-2-3-14-5-7)4-10-15(11,12)6-9/h2-3,5,8,10H,4,6H2,1H3. The lowest BCUT2D eigenvalue weighted by Gasteiger charge is -2.14. The summed E-state index contributed by atoms with van der Waals surface area (Å²) in [6.07, 6.45) is -0.231. The van der Waals surface area contributed by atoms with Crippen LogP contribution in [-0.4, -0.2) is 26.7 Å². The van der Waals surface area contributed by atoms with Gasteiger partial charge in [-0.25, -0.2) is 13.1 Å². The van der Waals surface area contributed by atoms with Crippen LogP contribution in [0.25, 0.3) is 0 Å². The van der Waals surface area contributed by atoms with E-state index in [-0.39, 0.29) is 17.3 Å². The average Bonchev–Trinajstić information content (AvgIpc) is 2.72. The minimum absolute atomic E-state index is 0.0972. The number of rotatable bonds is 6. The number of alkyl halides is 1. The van der Waals surface area contributed by atoms with Crippen LogP contribution in [0.4, 0.5) is 0 Å². The van der Waals surface area contributed by atoms with Crippen LogP contribution in [0.3, 0.4) is 0 Å². The maximum absolute atomic E-state index is 11.2. The summed E-state index contributed by atoms with van der Waals surface area (Å²) in [6, 6.07) is 1.92. The van der Waals surface area contributed by atoms with E-state index >= 15 is 0 Å². The highest BCUT2D eigenvalue weighted by Crippen LogP contribution is 2.18. The molecule has 0 aliphatic carbocycles. The number of thiophene rings is 1. The van der Waals surface area contributed by atoms with E-state index < -0.39 is 10.0 Å². The van der Waals surface area contributed by atoms with Crippen LogP contribution < -0.4 is 4.72 Å². The number of ether oxygens (including phenoxy) is 1. The van der Waals surface area contributed by atoms with Crippen molar-refractivity contribution in [1.29, 1.82) is 0 Å². The SMILES string of the molecule is COC(CNS(=O)(=O)CBr)c1ccsc1. The molecule has 0 amide bonds. The van der Waals surface area contributed by atoms with Crippen LogP contribution in [0.5, 0.6) is 0 Å². The molecule has 4 nitrogen and oxygen atoms in total. The largest absolute Gasteiger partial charge is 0.375 e. The Bertz CT molecular complexity index is 377. The molecule has 7 heteroatoms. The van der Waals surface area contributed by atoms with Crippen LogP contribution >= 0.6 is 27.3 Å². The highest BCUT2D eigenvalue weighted by molar-refractivity contribution is 9.10. The topological polar surface area (TPSA) is 55.4 Å². The van der Waals surface area contributed by atoms with Gasteiger partial charge in [0.15, 0.2) is 0 Å². The van der Waals surface area contributed by atoms with Crippen molar-refractivity contribution in [3.8, 4) is 0 Å². The minimum Gasteiger partial charge on any atom is -0.375 e. The molecule has 15 heavy (non-hydrogen) atoms. The Kier molecular flexibility index (Phi) is 5.20. The first-order chi connectivity index (χ1) is 7.09. The first-order valence-corrected chi connectivity index (χ1v) is 7.89. The second kappa shape index (κ2) is 5.95. The van der Waals surface area contributed by atoms with Crippen molar-refractivity contribution < 1.29 is 13.2 Å². The fraction of sp³-hybridized carbons (Fsp3) is 0.500. The Labute approximate surface area is 102 Å². The van der Waals surface area contributed by atoms with Crippen molar-refractivity contribution in [2.24, 2.45) is 0 Å². The molecule has 0 saturated carbocycles. The third-order valence-electron chi connectivity index (χ3n) is 1.83. The molecule has 0 aromatic carbocycles. The lowest BCUT2D eigenvalue weighted by molar-refractivity contribution is 0.107. The summed E-state index contributed by atoms with van der Waals surface area (Å²) in [6.45, 7) is 0.251. The predicted molar refractivity (Wildman–Crippen MR) is 64.8 cm³/mol. The van der Waals surface area contributed by atoms with Crippen LogP contribution in [0.15, 0.2) is 16.8 Å². The van der Waals surface area contributed by atoms with E-state index in [2.05, 4.69) is 20.7 Å². The van der Waals surface area contributed by atoms with Crippen molar-refractivity contribution in [3.05, 3.63) is 22.4 Å². The molecule has 1 unspecified atom stereocenters. The molecule has 1 aromatic heterocycles. The van der Waals surface area contributed by atoms with Gasteiger partial charge in [0, 0.05) is 13.7 Å². The molecule has 0 fully saturated rings. The lowest BCUT2D eigenvalue weighted by atomic mass is 10.2. The number of methoxy groups -OCH3 is 1. The number of hydrogen-bond donors (Lipinski definition) is 1. The zero-order chi connectivity index (χ0) is 11.3. The summed E-state index contributed by atoms with van der Waals surface area (Å²) in [5, 5.41) is 3.87. The fourth-order valence-electron chi connectivity index (χ4n) is 1.04. The molecule has 1 heterocycles. The highest BCUT2D eigenvalue weighted by atomic mass is 79.9. The Morgan fingerprint density at radius 1 is 1.67 bits per heavy atom. The molecule has 0 bridgehead atoms. The molecule has 0 aliphatic heterocycles. The zero-order valence-corrected chi connectivity index (χ0v) is 11.4. The van der Waals surface area contributed by atoms with Gasteiger partial charge in [-0.3, -0.25) is 0 Å². The molecule has 86 valence electrons. The second-order valence-corrected chi connectivity index (χ2v) is 6.74. The van der Waals surface area contributed by atoms with Crippen LogP contribution in [0.1, 0.15) is 11.7 Å². The van der Waals surface area contributed by atoms with E-state index in [4.69, 9.17) is 4.74 Å². The fourth-order valence-corrected chi connectivity index (χ4v) is 2.71. The van der Waals surface area contributed by atoms with E-state index in [1.54, 1.807) is 18.4 Å². The maximum atomic E-state index is 11.2. The van der Waals surface area contributed by atoms with Crippen LogP contribution in [0.2, 0.25) is 0 Å². The number of hydrogen-bond acceptors (Lipinski definition) is 4. The molecule has 0 aliphatic rings. The predicted octanol–water partition coefficient (Wildman–Crippen LogP) is 1.71. The highest BCUT2D eigenvalue weighted by Gasteiger charge is 2.14. The summed E-state index contributed by atoms with van der Waals surface area (Å²) in [5.74, 6) is 0. The van der Waals surface area contributed by atoms with E-state index in [1.807, 2.05) is 16.8 Å². The first-order valence-electron chi connectivity index (χ1n) is 4.17. The molecule has 0 saturated heterocycles. The Morgan fingerprint density at radius 3 is 2.87 bits per heavy atom. The van der Waals surface area contributed by atoms with Gasteiger partial charge in [-0.05, 0) is 22.4 Å². The van der Waals surface area contributed by atoms with Gasteiger partial charge in [0.1, 0.15) is 4.66 Å². The zero-order valence-electron chi connectivity index (χ0n) is 8.14. The smallest absolute Gasteiger partial charge is 0.221 e. The molecule has 1 rings (SSSR count). The summed E-state index contributed by atoms with van der Waals surface area (Å²) in [4.78, 5) is 0. The minimum atomic E-state index is -3.23. The molecule has 1 aromatic rings. The van der Waals surface area contributed by atoms with Crippen molar-refractivity contribution in [1.82, 2.24) is 4.72 Å². The van der Waals surface area contributed by atoms with Gasteiger partial charge in [-0.15, -0.1) is 0 Å². The third kappa shape index (κ3) is 4.20. The average molecular weight is 314 g/mol. The van der Waals surface area contributed by atoms with Gasteiger partial charge in [0.25, 0.3) is 0 Å². The first kappa shape index (κ1) is 13.1. The molecule has 1 N–H and O–H groups in total. The monoisotopic (exact) mass is 313 g/mol.